The van der Waals surface area contributed by atoms with Crippen LogP contribution in [0.15, 0.2) is 35.4 Å². The Hall–Kier alpha value is -1.88. The molecule has 0 spiro atoms. The molecule has 0 radical (unpaired) electrons. The maximum Gasteiger partial charge on any atom is 0.427 e. The van der Waals surface area contributed by atoms with E-state index in [0.29, 0.717) is 5.71 Å². The van der Waals surface area contributed by atoms with Crippen LogP contribution in [0.1, 0.15) is 5.56 Å². The summed E-state index contributed by atoms with van der Waals surface area (Å²) in [4.78, 5) is 10.7. The van der Waals surface area contributed by atoms with Crippen LogP contribution >= 0.6 is 0 Å². The van der Waals surface area contributed by atoms with Crippen molar-refractivity contribution in [1.29, 1.82) is 0 Å². The maximum absolute atomic E-state index is 10.7. The molecule has 0 aliphatic carbocycles. The molecule has 80 valence electrons. The smallest absolute Gasteiger partial charge is 0.427 e. The summed E-state index contributed by atoms with van der Waals surface area (Å²) in [5.41, 5.74) is 3.27. The number of hydrogen-bond acceptors (Lipinski definition) is 4. The lowest BCUT2D eigenvalue weighted by Crippen LogP contribution is -2.21. The van der Waals surface area contributed by atoms with E-state index in [1.54, 1.807) is 12.1 Å². The lowest BCUT2D eigenvalue weighted by atomic mass is 10.1. The van der Waals surface area contributed by atoms with Crippen molar-refractivity contribution in [1.82, 2.24) is 5.43 Å². The van der Waals surface area contributed by atoms with Crippen LogP contribution < -0.4 is 5.43 Å². The minimum absolute atomic E-state index is 0.256. The summed E-state index contributed by atoms with van der Waals surface area (Å²) in [7, 11) is 1.24. The number of nitrogens with one attached hydrogen (secondary N) is 1. The third-order valence-electron chi connectivity index (χ3n) is 1.72. The Balaban J connectivity index is 2.76. The zero-order valence-corrected chi connectivity index (χ0v) is 8.30. The fraction of sp³-hybridized carbons (Fsp3) is 0.200. The van der Waals surface area contributed by atoms with Gasteiger partial charge in [-0.2, -0.15) is 5.10 Å². The normalized spacial score (nSPS) is 10.9. The second-order valence-corrected chi connectivity index (χ2v) is 2.69. The highest BCUT2D eigenvalue weighted by atomic mass is 16.5. The van der Waals surface area contributed by atoms with Crippen LogP contribution in [0, 0.1) is 0 Å². The van der Waals surface area contributed by atoms with Gasteiger partial charge in [-0.25, -0.2) is 10.2 Å². The molecular formula is C10H12N2O3. The Kier molecular flexibility index (Phi) is 4.30. The third kappa shape index (κ3) is 3.40. The van der Waals surface area contributed by atoms with Crippen molar-refractivity contribution in [2.75, 3.05) is 13.7 Å². The molecule has 0 fully saturated rings. The van der Waals surface area contributed by atoms with E-state index < -0.39 is 6.09 Å². The van der Waals surface area contributed by atoms with Gasteiger partial charge in [-0.1, -0.05) is 30.3 Å². The number of ether oxygens (including phenoxy) is 1. The number of aliphatic hydroxyl groups excluding tert-OH is 1. The van der Waals surface area contributed by atoms with Gasteiger partial charge in [0.2, 0.25) is 0 Å². The van der Waals surface area contributed by atoms with Crippen LogP contribution in [-0.2, 0) is 4.74 Å². The average Bonchev–Trinajstić information content (AvgIpc) is 2.31. The Morgan fingerprint density at radius 1 is 1.47 bits per heavy atom. The third-order valence-corrected chi connectivity index (χ3v) is 1.72. The molecule has 0 aliphatic heterocycles. The van der Waals surface area contributed by atoms with Crippen molar-refractivity contribution in [2.45, 2.75) is 0 Å². The Morgan fingerprint density at radius 2 is 2.13 bits per heavy atom. The molecular weight excluding hydrogens is 196 g/mol. The van der Waals surface area contributed by atoms with Gasteiger partial charge in [-0.05, 0) is 0 Å². The first-order chi connectivity index (χ1) is 7.27. The molecule has 5 nitrogen and oxygen atoms in total. The number of aliphatic hydroxyl groups is 1. The number of benzene rings is 1. The van der Waals surface area contributed by atoms with Gasteiger partial charge in [0.1, 0.15) is 0 Å². The SMILES string of the molecule is COC(=O)N/N=C(\CO)c1ccccc1. The predicted octanol–water partition coefficient (Wildman–Crippen LogP) is 0.739. The monoisotopic (exact) mass is 208 g/mol. The van der Waals surface area contributed by atoms with Crippen LogP contribution in [0.25, 0.3) is 0 Å². The summed E-state index contributed by atoms with van der Waals surface area (Å²) in [6.45, 7) is -0.256. The van der Waals surface area contributed by atoms with E-state index in [0.717, 1.165) is 5.56 Å². The Morgan fingerprint density at radius 3 is 2.67 bits per heavy atom. The van der Waals surface area contributed by atoms with Gasteiger partial charge >= 0.3 is 6.09 Å². The topological polar surface area (TPSA) is 70.9 Å². The fourth-order valence-electron chi connectivity index (χ4n) is 0.980. The zero-order chi connectivity index (χ0) is 11.1. The standard InChI is InChI=1S/C10H12N2O3/c1-15-10(14)12-11-9(7-13)8-5-3-2-4-6-8/h2-6,13H,7H2,1H3,(H,12,14)/b11-9+. The van der Waals surface area contributed by atoms with Crippen LogP contribution in [0.2, 0.25) is 0 Å². The molecule has 0 bridgehead atoms. The van der Waals surface area contributed by atoms with Gasteiger partial charge in [0.25, 0.3) is 0 Å². The quantitative estimate of drug-likeness (QED) is 0.568. The number of rotatable bonds is 3. The number of amides is 1. The minimum Gasteiger partial charge on any atom is -0.452 e. The zero-order valence-electron chi connectivity index (χ0n) is 8.30. The summed E-state index contributed by atoms with van der Waals surface area (Å²) >= 11 is 0. The van der Waals surface area contributed by atoms with E-state index in [-0.39, 0.29) is 6.61 Å². The number of hydrazone groups is 1. The molecule has 1 rings (SSSR count). The van der Waals surface area contributed by atoms with Crippen molar-refractivity contribution in [3.8, 4) is 0 Å². The molecule has 1 aromatic carbocycles. The van der Waals surface area contributed by atoms with E-state index in [1.807, 2.05) is 18.2 Å². The highest BCUT2D eigenvalue weighted by molar-refractivity contribution is 6.01. The van der Waals surface area contributed by atoms with Gasteiger partial charge in [0.05, 0.1) is 19.4 Å². The first kappa shape index (κ1) is 11.2. The largest absolute Gasteiger partial charge is 0.452 e. The molecule has 15 heavy (non-hydrogen) atoms. The highest BCUT2D eigenvalue weighted by Crippen LogP contribution is 2.00. The van der Waals surface area contributed by atoms with E-state index in [9.17, 15) is 4.79 Å². The van der Waals surface area contributed by atoms with Crippen molar-refractivity contribution >= 4 is 11.8 Å². The second-order valence-electron chi connectivity index (χ2n) is 2.69. The molecule has 0 atom stereocenters. The Labute approximate surface area is 87.4 Å². The number of methoxy groups -OCH3 is 1. The molecule has 5 heteroatoms. The predicted molar refractivity (Wildman–Crippen MR) is 55.6 cm³/mol. The first-order valence-electron chi connectivity index (χ1n) is 4.34. The molecule has 0 heterocycles. The molecule has 0 saturated heterocycles. The second kappa shape index (κ2) is 5.77. The lowest BCUT2D eigenvalue weighted by Gasteiger charge is -2.03. The van der Waals surface area contributed by atoms with Gasteiger partial charge in [-0.3, -0.25) is 0 Å². The minimum atomic E-state index is -0.670. The maximum atomic E-state index is 10.7. The van der Waals surface area contributed by atoms with Crippen molar-refractivity contribution in [3.63, 3.8) is 0 Å². The number of hydrogen-bond donors (Lipinski definition) is 2. The van der Waals surface area contributed by atoms with E-state index in [4.69, 9.17) is 5.11 Å². The van der Waals surface area contributed by atoms with Gasteiger partial charge in [0.15, 0.2) is 0 Å². The van der Waals surface area contributed by atoms with Crippen LogP contribution in [0.5, 0.6) is 0 Å². The molecule has 1 amide bonds. The highest BCUT2D eigenvalue weighted by Gasteiger charge is 2.02. The number of carbonyl (C=O) groups is 1. The van der Waals surface area contributed by atoms with E-state index >= 15 is 0 Å². The van der Waals surface area contributed by atoms with Crippen LogP contribution in [0.4, 0.5) is 4.79 Å². The molecule has 1 aromatic rings. The van der Waals surface area contributed by atoms with Gasteiger partial charge in [-0.15, -0.1) is 0 Å². The Bertz CT molecular complexity index is 349. The lowest BCUT2D eigenvalue weighted by molar-refractivity contribution is 0.171. The molecule has 0 saturated carbocycles. The van der Waals surface area contributed by atoms with Crippen molar-refractivity contribution in [2.24, 2.45) is 5.10 Å². The van der Waals surface area contributed by atoms with Crippen LogP contribution in [-0.4, -0.2) is 30.6 Å². The first-order valence-corrected chi connectivity index (χ1v) is 4.34. The average molecular weight is 208 g/mol. The summed E-state index contributed by atoms with van der Waals surface area (Å²) in [6.07, 6.45) is -0.670. The van der Waals surface area contributed by atoms with Gasteiger partial charge < -0.3 is 9.84 Å². The van der Waals surface area contributed by atoms with Crippen molar-refractivity contribution in [3.05, 3.63) is 35.9 Å². The molecule has 0 unspecified atom stereocenters. The van der Waals surface area contributed by atoms with E-state index in [1.165, 1.54) is 7.11 Å². The fourth-order valence-corrected chi connectivity index (χ4v) is 0.980. The molecule has 0 aromatic heterocycles. The summed E-state index contributed by atoms with van der Waals surface area (Å²) in [6, 6.07) is 9.06. The van der Waals surface area contributed by atoms with Crippen molar-refractivity contribution < 1.29 is 14.6 Å². The molecule has 2 N–H and O–H groups in total. The summed E-state index contributed by atoms with van der Waals surface area (Å²) in [5, 5.41) is 12.8. The number of nitrogens with zero attached hydrogens (tertiary/aromatic N) is 1. The number of carbonyl (C=O) groups excluding carboxylic acids is 1. The van der Waals surface area contributed by atoms with Gasteiger partial charge in [0, 0.05) is 5.56 Å². The summed E-state index contributed by atoms with van der Waals surface area (Å²) < 4.78 is 4.34. The van der Waals surface area contributed by atoms with Crippen LogP contribution in [0.3, 0.4) is 0 Å². The summed E-state index contributed by atoms with van der Waals surface area (Å²) in [5.74, 6) is 0. The van der Waals surface area contributed by atoms with E-state index in [2.05, 4.69) is 15.3 Å². The molecule has 0 aliphatic rings.